The fraction of sp³-hybridized carbons (Fsp3) is 0.370. The highest BCUT2D eigenvalue weighted by Gasteiger charge is 2.30. The molecule has 0 bridgehead atoms. The maximum absolute atomic E-state index is 14.3. The van der Waals surface area contributed by atoms with E-state index in [1.165, 1.54) is 12.1 Å². The van der Waals surface area contributed by atoms with Gasteiger partial charge >= 0.3 is 0 Å². The van der Waals surface area contributed by atoms with Crippen LogP contribution in [0.25, 0.3) is 0 Å². The van der Waals surface area contributed by atoms with Crippen molar-refractivity contribution in [1.29, 1.82) is 0 Å². The number of aryl methyl sites for hydroxylation is 1. The summed E-state index contributed by atoms with van der Waals surface area (Å²) in [5.74, 6) is 0.903. The minimum atomic E-state index is -0.465. The van der Waals surface area contributed by atoms with Crippen LogP contribution >= 0.6 is 0 Å². The lowest BCUT2D eigenvalue weighted by molar-refractivity contribution is -0.385. The van der Waals surface area contributed by atoms with Gasteiger partial charge in [0.1, 0.15) is 11.6 Å². The van der Waals surface area contributed by atoms with E-state index in [1.54, 1.807) is 36.1 Å². The number of rotatable bonds is 5. The number of nitrogens with zero attached hydrogens (tertiary/aromatic N) is 7. The van der Waals surface area contributed by atoms with Gasteiger partial charge in [-0.2, -0.15) is 4.98 Å². The summed E-state index contributed by atoms with van der Waals surface area (Å²) in [6.45, 7) is 5.07. The number of benzene rings is 2. The van der Waals surface area contributed by atoms with Crippen molar-refractivity contribution in [1.82, 2.24) is 14.9 Å². The lowest BCUT2D eigenvalue weighted by Gasteiger charge is -2.37. The topological polar surface area (TPSA) is 99.0 Å². The van der Waals surface area contributed by atoms with Gasteiger partial charge in [-0.25, -0.2) is 9.37 Å². The van der Waals surface area contributed by atoms with Crippen LogP contribution in [0.1, 0.15) is 27.2 Å². The maximum Gasteiger partial charge on any atom is 0.273 e. The zero-order chi connectivity index (χ0) is 27.0. The number of aromatic nitrogens is 2. The Kier molecular flexibility index (Phi) is 6.83. The van der Waals surface area contributed by atoms with Crippen molar-refractivity contribution in [3.63, 3.8) is 0 Å². The summed E-state index contributed by atoms with van der Waals surface area (Å²) >= 11 is 0. The summed E-state index contributed by atoms with van der Waals surface area (Å²) in [4.78, 5) is 41.7. The first kappa shape index (κ1) is 25.4. The van der Waals surface area contributed by atoms with E-state index >= 15 is 0 Å². The van der Waals surface area contributed by atoms with Crippen LogP contribution in [-0.2, 0) is 13.0 Å². The zero-order valence-corrected chi connectivity index (χ0v) is 21.7. The van der Waals surface area contributed by atoms with E-state index in [0.29, 0.717) is 68.5 Å². The Morgan fingerprint density at radius 2 is 1.74 bits per heavy atom. The second-order valence-electron chi connectivity index (χ2n) is 9.83. The first-order valence-electron chi connectivity index (χ1n) is 12.6. The molecule has 1 fully saturated rings. The van der Waals surface area contributed by atoms with E-state index in [-0.39, 0.29) is 17.4 Å². The van der Waals surface area contributed by atoms with Gasteiger partial charge in [0, 0.05) is 76.0 Å². The number of hydrogen-bond acceptors (Lipinski definition) is 8. The Balaban J connectivity index is 1.35. The second kappa shape index (κ2) is 10.2. The van der Waals surface area contributed by atoms with Gasteiger partial charge in [-0.15, -0.1) is 0 Å². The molecule has 198 valence electrons. The third kappa shape index (κ3) is 4.83. The molecule has 2 aliphatic rings. The van der Waals surface area contributed by atoms with E-state index < -0.39 is 4.92 Å². The summed E-state index contributed by atoms with van der Waals surface area (Å²) in [5, 5.41) is 11.4. The Morgan fingerprint density at radius 3 is 2.42 bits per heavy atom. The fourth-order valence-corrected chi connectivity index (χ4v) is 5.05. The summed E-state index contributed by atoms with van der Waals surface area (Å²) in [5.41, 5.74) is 3.13. The van der Waals surface area contributed by atoms with Gasteiger partial charge in [0.2, 0.25) is 5.95 Å². The molecule has 10 nitrogen and oxygen atoms in total. The number of halogens is 1. The van der Waals surface area contributed by atoms with Crippen molar-refractivity contribution < 1.29 is 14.1 Å². The molecular formula is C27H30FN7O3. The lowest BCUT2D eigenvalue weighted by atomic mass is 10.0. The average molecular weight is 520 g/mol. The van der Waals surface area contributed by atoms with Crippen LogP contribution < -0.4 is 14.7 Å². The molecule has 1 aromatic heterocycles. The highest BCUT2D eigenvalue weighted by Crippen LogP contribution is 2.30. The summed E-state index contributed by atoms with van der Waals surface area (Å²) < 4.78 is 14.3. The summed E-state index contributed by atoms with van der Waals surface area (Å²) in [6.07, 6.45) is 0.556. The van der Waals surface area contributed by atoms with Crippen LogP contribution in [0.2, 0.25) is 0 Å². The average Bonchev–Trinajstić information content (AvgIpc) is 2.92. The molecule has 2 aromatic carbocycles. The Morgan fingerprint density at radius 1 is 1.03 bits per heavy atom. The Hall–Kier alpha value is -4.28. The second-order valence-corrected chi connectivity index (χ2v) is 9.83. The highest BCUT2D eigenvalue weighted by molar-refractivity contribution is 5.95. The molecular weight excluding hydrogens is 489 g/mol. The largest absolute Gasteiger partial charge is 0.366 e. The van der Waals surface area contributed by atoms with Crippen molar-refractivity contribution in [2.45, 2.75) is 19.9 Å². The van der Waals surface area contributed by atoms with Gasteiger partial charge < -0.3 is 19.6 Å². The first-order valence-corrected chi connectivity index (χ1v) is 12.6. The molecule has 3 heterocycles. The van der Waals surface area contributed by atoms with E-state index in [1.807, 2.05) is 30.0 Å². The van der Waals surface area contributed by atoms with Gasteiger partial charge in [-0.1, -0.05) is 18.2 Å². The monoisotopic (exact) mass is 519 g/mol. The molecule has 0 saturated carbocycles. The van der Waals surface area contributed by atoms with Crippen molar-refractivity contribution in [2.24, 2.45) is 0 Å². The quantitative estimate of drug-likeness (QED) is 0.374. The molecule has 0 unspecified atom stereocenters. The number of fused-ring (bicyclic) bond motifs is 1. The molecule has 3 aromatic rings. The molecule has 11 heteroatoms. The molecule has 5 rings (SSSR count). The molecule has 0 radical (unpaired) electrons. The van der Waals surface area contributed by atoms with Crippen molar-refractivity contribution in [3.05, 3.63) is 80.8 Å². The standard InChI is InChI=1S/C27H30FN7O3/c1-18-8-9-19(16-24(18)35(37)38)26(36)34-11-10-22-20(17-34)25(31(2)3)30-27(29-22)33-14-12-32(13-15-33)23-7-5-4-6-21(23)28/h4-9,16H,10-15,17H2,1-3H3. The molecule has 0 atom stereocenters. The van der Waals surface area contributed by atoms with Crippen LogP contribution in [0.4, 0.5) is 27.5 Å². The molecule has 38 heavy (non-hydrogen) atoms. The van der Waals surface area contributed by atoms with Gasteiger partial charge in [-0.05, 0) is 25.1 Å². The predicted molar refractivity (Wildman–Crippen MR) is 143 cm³/mol. The number of nitro benzene ring substituents is 1. The van der Waals surface area contributed by atoms with Crippen LogP contribution in [0, 0.1) is 22.9 Å². The fourth-order valence-electron chi connectivity index (χ4n) is 5.05. The molecule has 0 spiro atoms. The highest BCUT2D eigenvalue weighted by atomic mass is 19.1. The van der Waals surface area contributed by atoms with Crippen molar-refractivity contribution in [2.75, 3.05) is 61.5 Å². The number of carbonyl (C=O) groups is 1. The van der Waals surface area contributed by atoms with E-state index in [4.69, 9.17) is 9.97 Å². The van der Waals surface area contributed by atoms with E-state index in [0.717, 1.165) is 17.1 Å². The Labute approximate surface area is 220 Å². The van der Waals surface area contributed by atoms with Gasteiger partial charge in [-0.3, -0.25) is 14.9 Å². The lowest BCUT2D eigenvalue weighted by Crippen LogP contribution is -2.47. The Bertz CT molecular complexity index is 1390. The molecule has 2 aliphatic heterocycles. The van der Waals surface area contributed by atoms with E-state index in [9.17, 15) is 19.3 Å². The first-order chi connectivity index (χ1) is 18.2. The van der Waals surface area contributed by atoms with Crippen LogP contribution in [-0.4, -0.2) is 72.5 Å². The molecule has 0 aliphatic carbocycles. The number of anilines is 3. The van der Waals surface area contributed by atoms with Gasteiger partial charge in [0.15, 0.2) is 0 Å². The van der Waals surface area contributed by atoms with Crippen LogP contribution in [0.15, 0.2) is 42.5 Å². The number of hydrogen-bond donors (Lipinski definition) is 0. The number of piperazine rings is 1. The van der Waals surface area contributed by atoms with Crippen molar-refractivity contribution >= 4 is 29.0 Å². The third-order valence-corrected chi connectivity index (χ3v) is 7.15. The maximum atomic E-state index is 14.3. The van der Waals surface area contributed by atoms with Gasteiger partial charge in [0.05, 0.1) is 22.8 Å². The van der Waals surface area contributed by atoms with Crippen LogP contribution in [0.3, 0.4) is 0 Å². The third-order valence-electron chi connectivity index (χ3n) is 7.15. The van der Waals surface area contributed by atoms with Gasteiger partial charge in [0.25, 0.3) is 11.6 Å². The number of amides is 1. The predicted octanol–water partition coefficient (Wildman–Crippen LogP) is 3.42. The molecule has 1 saturated heterocycles. The zero-order valence-electron chi connectivity index (χ0n) is 21.7. The summed E-state index contributed by atoms with van der Waals surface area (Å²) in [7, 11) is 3.82. The molecule has 1 amide bonds. The SMILES string of the molecule is Cc1ccc(C(=O)N2CCc3nc(N4CCN(c5ccccc5F)CC4)nc(N(C)C)c3C2)cc1[N+](=O)[O-]. The summed E-state index contributed by atoms with van der Waals surface area (Å²) in [6, 6.07) is 11.4. The normalized spacial score (nSPS) is 15.3. The van der Waals surface area contributed by atoms with E-state index in [2.05, 4.69) is 4.90 Å². The number of nitro groups is 1. The van der Waals surface area contributed by atoms with Crippen molar-refractivity contribution in [3.8, 4) is 0 Å². The van der Waals surface area contributed by atoms with Crippen LogP contribution in [0.5, 0.6) is 0 Å². The number of carbonyl (C=O) groups excluding carboxylic acids is 1. The number of para-hydroxylation sites is 1. The smallest absolute Gasteiger partial charge is 0.273 e. The molecule has 0 N–H and O–H groups in total. The minimum Gasteiger partial charge on any atom is -0.366 e. The minimum absolute atomic E-state index is 0.0645.